The molecule has 3 aliphatic rings. The third kappa shape index (κ3) is 4.05. The minimum atomic E-state index is 0.0704. The summed E-state index contributed by atoms with van der Waals surface area (Å²) in [5.41, 5.74) is 1.66. The summed E-state index contributed by atoms with van der Waals surface area (Å²) in [7, 11) is 0. The molecule has 3 aromatic rings. The van der Waals surface area contributed by atoms with E-state index >= 15 is 0 Å². The molecule has 2 saturated heterocycles. The highest BCUT2D eigenvalue weighted by atomic mass is 32.1. The number of fused-ring (bicyclic) bond motifs is 2. The first-order valence-electron chi connectivity index (χ1n) is 11.6. The zero-order chi connectivity index (χ0) is 22.4. The first-order valence-corrected chi connectivity index (χ1v) is 12.5. The average molecular weight is 460 g/mol. The van der Waals surface area contributed by atoms with Crippen molar-refractivity contribution >= 4 is 17.2 Å². The summed E-state index contributed by atoms with van der Waals surface area (Å²) < 4.78 is 0. The van der Waals surface area contributed by atoms with Crippen molar-refractivity contribution in [2.24, 2.45) is 0 Å². The molecule has 1 saturated carbocycles. The van der Waals surface area contributed by atoms with Crippen LogP contribution in [-0.4, -0.2) is 49.4 Å². The first kappa shape index (κ1) is 20.5. The number of phenols is 1. The maximum atomic E-state index is 10.6. The van der Waals surface area contributed by atoms with Crippen LogP contribution in [0.4, 0.5) is 5.82 Å². The van der Waals surface area contributed by atoms with Crippen molar-refractivity contribution in [2.45, 2.75) is 69.1 Å². The summed E-state index contributed by atoms with van der Waals surface area (Å²) in [4.78, 5) is 11.3. The Morgan fingerprint density at radius 2 is 1.91 bits per heavy atom. The predicted molar refractivity (Wildman–Crippen MR) is 126 cm³/mol. The lowest BCUT2D eigenvalue weighted by Crippen LogP contribution is -2.55. The molecule has 0 spiro atoms. The number of nitrogens with zero attached hydrogens (tertiary/aromatic N) is 6. The molecule has 2 bridgehead atoms. The number of hydrogen-bond acceptors (Lipinski definition) is 9. The number of thiazole rings is 1. The van der Waals surface area contributed by atoms with Gasteiger partial charge >= 0.3 is 0 Å². The Bertz CT molecular complexity index is 1190. The Labute approximate surface area is 196 Å². The van der Waals surface area contributed by atoms with Gasteiger partial charge in [0, 0.05) is 35.1 Å². The Morgan fingerprint density at radius 1 is 1.09 bits per heavy atom. The molecule has 2 aromatic heterocycles. The van der Waals surface area contributed by atoms with Gasteiger partial charge in [0.15, 0.2) is 17.3 Å². The van der Waals surface area contributed by atoms with Crippen LogP contribution in [0.15, 0.2) is 29.8 Å². The summed E-state index contributed by atoms with van der Waals surface area (Å²) >= 11 is 1.37. The van der Waals surface area contributed by atoms with E-state index in [1.165, 1.54) is 43.4 Å². The monoisotopic (exact) mass is 459 g/mol. The second-order valence-electron chi connectivity index (χ2n) is 9.28. The predicted octanol–water partition coefficient (Wildman–Crippen LogP) is 3.88. The minimum absolute atomic E-state index is 0.0704. The highest BCUT2D eigenvalue weighted by Crippen LogP contribution is 2.38. The molecular formula is C24H25N7OS. The lowest BCUT2D eigenvalue weighted by atomic mass is 9.83. The van der Waals surface area contributed by atoms with Gasteiger partial charge in [0.25, 0.3) is 0 Å². The largest absolute Gasteiger partial charge is 0.507 e. The number of phenolic OH excluding ortho intramolecular Hbond substituents is 1. The van der Waals surface area contributed by atoms with Gasteiger partial charge in [-0.3, -0.25) is 0 Å². The number of hydrogen-bond donors (Lipinski definition) is 2. The van der Waals surface area contributed by atoms with E-state index in [0.29, 0.717) is 46.3 Å². The lowest BCUT2D eigenvalue weighted by molar-refractivity contribution is 0.215. The van der Waals surface area contributed by atoms with Crippen LogP contribution in [0.5, 0.6) is 5.75 Å². The van der Waals surface area contributed by atoms with Crippen LogP contribution in [-0.2, 0) is 0 Å². The smallest absolute Gasteiger partial charge is 0.185 e. The van der Waals surface area contributed by atoms with E-state index in [1.807, 2.05) is 18.3 Å². The molecule has 4 heterocycles. The summed E-state index contributed by atoms with van der Waals surface area (Å²) in [5.74, 6) is 1.31. The van der Waals surface area contributed by atoms with Gasteiger partial charge in [0.05, 0.1) is 11.8 Å². The first-order chi connectivity index (χ1) is 16.2. The molecule has 6 rings (SSSR count). The molecule has 1 unspecified atom stereocenters. The van der Waals surface area contributed by atoms with E-state index in [1.54, 1.807) is 17.5 Å². The molecule has 3 atom stereocenters. The van der Waals surface area contributed by atoms with E-state index in [4.69, 9.17) is 5.26 Å². The maximum Gasteiger partial charge on any atom is 0.185 e. The summed E-state index contributed by atoms with van der Waals surface area (Å²) in [6.45, 7) is 0. The Balaban J connectivity index is 1.24. The number of rotatable bonds is 5. The average Bonchev–Trinajstić information content (AvgIpc) is 3.54. The van der Waals surface area contributed by atoms with Gasteiger partial charge < -0.3 is 15.3 Å². The number of nitrogens with one attached hydrogen (secondary N) is 1. The molecule has 1 aromatic carbocycles. The number of benzene rings is 1. The molecule has 8 nitrogen and oxygen atoms in total. The van der Waals surface area contributed by atoms with Gasteiger partial charge in [0.2, 0.25) is 0 Å². The van der Waals surface area contributed by atoms with Crippen molar-refractivity contribution in [3.05, 3.63) is 35.5 Å². The van der Waals surface area contributed by atoms with Gasteiger partial charge in [0.1, 0.15) is 16.8 Å². The van der Waals surface area contributed by atoms with E-state index in [2.05, 4.69) is 30.4 Å². The molecule has 33 heavy (non-hydrogen) atoms. The SMILES string of the molecule is N#Cc1csc(-c2ccc(-c3ncc(N(C4CC4)C4C[C@H]5CCC[C@@H](C4)N5)nn3)c(O)c2)n1. The second-order valence-corrected chi connectivity index (χ2v) is 10.1. The van der Waals surface area contributed by atoms with E-state index in [9.17, 15) is 5.11 Å². The molecule has 9 heteroatoms. The second kappa shape index (κ2) is 8.36. The van der Waals surface area contributed by atoms with Gasteiger partial charge in [-0.2, -0.15) is 5.26 Å². The van der Waals surface area contributed by atoms with E-state index in [0.717, 1.165) is 24.2 Å². The zero-order valence-corrected chi connectivity index (χ0v) is 19.0. The molecule has 168 valence electrons. The number of aromatic hydroxyl groups is 1. The normalized spacial score (nSPS) is 24.3. The topological polar surface area (TPSA) is 111 Å². The van der Waals surface area contributed by atoms with Gasteiger partial charge in [-0.15, -0.1) is 21.5 Å². The van der Waals surface area contributed by atoms with Crippen LogP contribution in [0.25, 0.3) is 22.0 Å². The van der Waals surface area contributed by atoms with Crippen molar-refractivity contribution in [1.82, 2.24) is 25.5 Å². The quantitative estimate of drug-likeness (QED) is 0.591. The molecular weight excluding hydrogens is 434 g/mol. The van der Waals surface area contributed by atoms with Crippen LogP contribution in [0, 0.1) is 11.3 Å². The van der Waals surface area contributed by atoms with Crippen LogP contribution >= 0.6 is 11.3 Å². The Hall–Kier alpha value is -3.09. The van der Waals surface area contributed by atoms with Crippen molar-refractivity contribution in [1.29, 1.82) is 5.26 Å². The van der Waals surface area contributed by atoms with Crippen molar-refractivity contribution < 1.29 is 5.11 Å². The zero-order valence-electron chi connectivity index (χ0n) is 18.2. The lowest BCUT2D eigenvalue weighted by Gasteiger charge is -2.45. The van der Waals surface area contributed by atoms with E-state index in [-0.39, 0.29) is 5.75 Å². The molecule has 2 N–H and O–H groups in total. The van der Waals surface area contributed by atoms with Crippen molar-refractivity contribution in [2.75, 3.05) is 4.90 Å². The number of anilines is 1. The fourth-order valence-corrected chi connectivity index (χ4v) is 6.05. The number of nitriles is 1. The molecule has 2 aliphatic heterocycles. The van der Waals surface area contributed by atoms with Gasteiger partial charge in [-0.05, 0) is 50.7 Å². The third-order valence-electron chi connectivity index (χ3n) is 6.94. The fourth-order valence-electron chi connectivity index (χ4n) is 5.31. The molecule has 0 radical (unpaired) electrons. The van der Waals surface area contributed by atoms with Gasteiger partial charge in [-0.1, -0.05) is 12.5 Å². The summed E-state index contributed by atoms with van der Waals surface area (Å²) in [5, 5.41) is 34.7. The Morgan fingerprint density at radius 3 is 2.55 bits per heavy atom. The third-order valence-corrected chi connectivity index (χ3v) is 7.83. The number of piperidine rings is 2. The molecule has 0 amide bonds. The van der Waals surface area contributed by atoms with Crippen LogP contribution in [0.1, 0.15) is 50.6 Å². The van der Waals surface area contributed by atoms with Crippen molar-refractivity contribution in [3.63, 3.8) is 0 Å². The highest BCUT2D eigenvalue weighted by molar-refractivity contribution is 7.13. The van der Waals surface area contributed by atoms with Crippen LogP contribution < -0.4 is 10.2 Å². The maximum absolute atomic E-state index is 10.6. The fraction of sp³-hybridized carbons (Fsp3) is 0.458. The molecule has 1 aliphatic carbocycles. The van der Waals surface area contributed by atoms with Crippen LogP contribution in [0.3, 0.4) is 0 Å². The van der Waals surface area contributed by atoms with E-state index < -0.39 is 0 Å². The summed E-state index contributed by atoms with van der Waals surface area (Å²) in [6, 6.07) is 9.56. The Kier molecular flexibility index (Phi) is 5.19. The number of aromatic nitrogens is 4. The summed E-state index contributed by atoms with van der Waals surface area (Å²) in [6.07, 6.45) is 10.4. The standard InChI is InChI=1S/C24H25N7OS/c25-11-17-13-33-24(28-17)14-4-7-20(21(32)8-14)23-26-12-22(29-30-23)31(18-5-6-18)19-9-15-2-1-3-16(10-19)27-15/h4,7-8,12-13,15-16,18-19,27,32H,1-3,5-6,9-10H2/t15-,16+,19?. The minimum Gasteiger partial charge on any atom is -0.507 e. The highest BCUT2D eigenvalue weighted by Gasteiger charge is 2.40. The van der Waals surface area contributed by atoms with Crippen LogP contribution in [0.2, 0.25) is 0 Å². The van der Waals surface area contributed by atoms with Gasteiger partial charge in [-0.25, -0.2) is 9.97 Å². The molecule has 3 fully saturated rings. The van der Waals surface area contributed by atoms with Crippen molar-refractivity contribution in [3.8, 4) is 33.8 Å².